The van der Waals surface area contributed by atoms with E-state index in [1.807, 2.05) is 0 Å². The maximum absolute atomic E-state index is 11.3. The van der Waals surface area contributed by atoms with Gasteiger partial charge >= 0.3 is 0 Å². The standard InChI is InChI=1S/C12H18N2OS/c15-12-8-11(2-1-5-14-12)13-6-3-10-4-7-16-9-10/h4,7,9,11,13H,1-3,5-6,8H2,(H,14,15). The third-order valence-electron chi connectivity index (χ3n) is 2.91. The second-order valence-corrected chi connectivity index (χ2v) is 5.01. The minimum atomic E-state index is 0.186. The van der Waals surface area contributed by atoms with Crippen LogP contribution in [0.4, 0.5) is 0 Å². The zero-order chi connectivity index (χ0) is 11.2. The topological polar surface area (TPSA) is 41.1 Å². The van der Waals surface area contributed by atoms with Crippen molar-refractivity contribution < 1.29 is 4.79 Å². The molecule has 0 spiro atoms. The van der Waals surface area contributed by atoms with Crippen LogP contribution in [0.3, 0.4) is 0 Å². The molecule has 1 aromatic heterocycles. The molecule has 0 radical (unpaired) electrons. The Labute approximate surface area is 100 Å². The van der Waals surface area contributed by atoms with E-state index in [1.54, 1.807) is 11.3 Å². The van der Waals surface area contributed by atoms with Gasteiger partial charge in [-0.15, -0.1) is 0 Å². The summed E-state index contributed by atoms with van der Waals surface area (Å²) < 4.78 is 0. The number of rotatable bonds is 4. The van der Waals surface area contributed by atoms with Crippen molar-refractivity contribution in [3.8, 4) is 0 Å². The van der Waals surface area contributed by atoms with Crippen LogP contribution in [0.2, 0.25) is 0 Å². The second kappa shape index (κ2) is 6.01. The summed E-state index contributed by atoms with van der Waals surface area (Å²) in [4.78, 5) is 11.3. The van der Waals surface area contributed by atoms with Crippen molar-refractivity contribution in [2.45, 2.75) is 31.7 Å². The van der Waals surface area contributed by atoms with Crippen LogP contribution in [0.5, 0.6) is 0 Å². The summed E-state index contributed by atoms with van der Waals surface area (Å²) in [5, 5.41) is 10.7. The monoisotopic (exact) mass is 238 g/mol. The normalized spacial score (nSPS) is 21.5. The number of thiophene rings is 1. The highest BCUT2D eigenvalue weighted by Gasteiger charge is 2.16. The lowest BCUT2D eigenvalue weighted by atomic mass is 10.1. The molecule has 1 aliphatic heterocycles. The first-order valence-electron chi connectivity index (χ1n) is 5.86. The van der Waals surface area contributed by atoms with E-state index in [0.29, 0.717) is 12.5 Å². The Morgan fingerprint density at radius 3 is 3.31 bits per heavy atom. The minimum Gasteiger partial charge on any atom is -0.356 e. The van der Waals surface area contributed by atoms with Gasteiger partial charge in [0.1, 0.15) is 0 Å². The van der Waals surface area contributed by atoms with Crippen LogP contribution in [-0.2, 0) is 11.2 Å². The van der Waals surface area contributed by atoms with Crippen LogP contribution < -0.4 is 10.6 Å². The largest absolute Gasteiger partial charge is 0.356 e. The van der Waals surface area contributed by atoms with Crippen molar-refractivity contribution in [3.63, 3.8) is 0 Å². The number of hydrogen-bond acceptors (Lipinski definition) is 3. The van der Waals surface area contributed by atoms with Crippen molar-refractivity contribution in [1.82, 2.24) is 10.6 Å². The maximum atomic E-state index is 11.3. The Bertz CT molecular complexity index is 324. The molecule has 1 atom stereocenters. The van der Waals surface area contributed by atoms with Gasteiger partial charge in [-0.25, -0.2) is 0 Å². The fraction of sp³-hybridized carbons (Fsp3) is 0.583. The Morgan fingerprint density at radius 1 is 1.56 bits per heavy atom. The minimum absolute atomic E-state index is 0.186. The van der Waals surface area contributed by atoms with Gasteiger partial charge in [-0.05, 0) is 48.2 Å². The fourth-order valence-corrected chi connectivity index (χ4v) is 2.71. The van der Waals surface area contributed by atoms with Crippen LogP contribution in [0.15, 0.2) is 16.8 Å². The highest BCUT2D eigenvalue weighted by atomic mass is 32.1. The Kier molecular flexibility index (Phi) is 4.36. The van der Waals surface area contributed by atoms with Gasteiger partial charge in [-0.1, -0.05) is 0 Å². The summed E-state index contributed by atoms with van der Waals surface area (Å²) in [6, 6.07) is 2.52. The van der Waals surface area contributed by atoms with E-state index in [4.69, 9.17) is 0 Å². The molecule has 0 aliphatic carbocycles. The van der Waals surface area contributed by atoms with Crippen LogP contribution in [0, 0.1) is 0 Å². The summed E-state index contributed by atoms with van der Waals surface area (Å²) >= 11 is 1.74. The molecule has 88 valence electrons. The van der Waals surface area contributed by atoms with E-state index >= 15 is 0 Å². The van der Waals surface area contributed by atoms with Crippen molar-refractivity contribution >= 4 is 17.2 Å². The Morgan fingerprint density at radius 2 is 2.50 bits per heavy atom. The van der Waals surface area contributed by atoms with Crippen LogP contribution in [0.1, 0.15) is 24.8 Å². The van der Waals surface area contributed by atoms with Crippen LogP contribution in [-0.4, -0.2) is 25.0 Å². The van der Waals surface area contributed by atoms with Gasteiger partial charge in [0.2, 0.25) is 5.91 Å². The molecule has 16 heavy (non-hydrogen) atoms. The van der Waals surface area contributed by atoms with Gasteiger partial charge in [-0.3, -0.25) is 4.79 Å². The second-order valence-electron chi connectivity index (χ2n) is 4.23. The summed E-state index contributed by atoms with van der Waals surface area (Å²) in [6.45, 7) is 1.80. The molecule has 4 heteroatoms. The third kappa shape index (κ3) is 3.61. The lowest BCUT2D eigenvalue weighted by molar-refractivity contribution is -0.121. The van der Waals surface area contributed by atoms with Gasteiger partial charge in [0.15, 0.2) is 0 Å². The molecule has 2 rings (SSSR count). The van der Waals surface area contributed by atoms with Crippen LogP contribution in [0.25, 0.3) is 0 Å². The zero-order valence-electron chi connectivity index (χ0n) is 9.37. The first kappa shape index (κ1) is 11.6. The van der Waals surface area contributed by atoms with E-state index in [0.717, 1.165) is 32.4 Å². The molecule has 0 aromatic carbocycles. The molecule has 1 fully saturated rings. The van der Waals surface area contributed by atoms with Gasteiger partial charge < -0.3 is 10.6 Å². The number of carbonyl (C=O) groups excluding carboxylic acids is 1. The fourth-order valence-electron chi connectivity index (χ4n) is 2.00. The predicted octanol–water partition coefficient (Wildman–Crippen LogP) is 1.55. The van der Waals surface area contributed by atoms with Crippen LogP contribution >= 0.6 is 11.3 Å². The molecule has 1 saturated heterocycles. The predicted molar refractivity (Wildman–Crippen MR) is 66.7 cm³/mol. The molecule has 1 unspecified atom stereocenters. The molecule has 1 amide bonds. The molecule has 1 aliphatic rings. The van der Waals surface area contributed by atoms with E-state index in [9.17, 15) is 4.79 Å². The molecular formula is C12H18N2OS. The van der Waals surface area contributed by atoms with Gasteiger partial charge in [-0.2, -0.15) is 11.3 Å². The molecule has 1 aromatic rings. The summed E-state index contributed by atoms with van der Waals surface area (Å²) in [7, 11) is 0. The SMILES string of the molecule is O=C1CC(NCCc2ccsc2)CCCN1. The van der Waals surface area contributed by atoms with E-state index in [2.05, 4.69) is 27.5 Å². The van der Waals surface area contributed by atoms with Gasteiger partial charge in [0, 0.05) is 19.0 Å². The number of carbonyl (C=O) groups is 1. The lowest BCUT2D eigenvalue weighted by Crippen LogP contribution is -2.33. The van der Waals surface area contributed by atoms with E-state index < -0.39 is 0 Å². The molecule has 2 heterocycles. The van der Waals surface area contributed by atoms with Crippen molar-refractivity contribution in [2.24, 2.45) is 0 Å². The third-order valence-corrected chi connectivity index (χ3v) is 3.64. The summed E-state index contributed by atoms with van der Waals surface area (Å²) in [5.74, 6) is 0.186. The average Bonchev–Trinajstić information content (AvgIpc) is 2.69. The number of nitrogens with one attached hydrogen (secondary N) is 2. The quantitative estimate of drug-likeness (QED) is 0.835. The van der Waals surface area contributed by atoms with Gasteiger partial charge in [0.25, 0.3) is 0 Å². The van der Waals surface area contributed by atoms with Crippen molar-refractivity contribution in [2.75, 3.05) is 13.1 Å². The van der Waals surface area contributed by atoms with E-state index in [-0.39, 0.29) is 5.91 Å². The van der Waals surface area contributed by atoms with Crippen molar-refractivity contribution in [3.05, 3.63) is 22.4 Å². The van der Waals surface area contributed by atoms with Gasteiger partial charge in [0.05, 0.1) is 0 Å². The first-order chi connectivity index (χ1) is 7.84. The summed E-state index contributed by atoms with van der Waals surface area (Å²) in [5.41, 5.74) is 1.38. The smallest absolute Gasteiger partial charge is 0.221 e. The highest BCUT2D eigenvalue weighted by Crippen LogP contribution is 2.08. The molecule has 2 N–H and O–H groups in total. The number of amides is 1. The van der Waals surface area contributed by atoms with Crippen molar-refractivity contribution in [1.29, 1.82) is 0 Å². The highest BCUT2D eigenvalue weighted by molar-refractivity contribution is 7.07. The molecular weight excluding hydrogens is 220 g/mol. The lowest BCUT2D eigenvalue weighted by Gasteiger charge is -2.14. The van der Waals surface area contributed by atoms with E-state index in [1.165, 1.54) is 5.56 Å². The summed E-state index contributed by atoms with van der Waals surface area (Å²) in [6.07, 6.45) is 3.87. The Hall–Kier alpha value is -0.870. The molecule has 3 nitrogen and oxygen atoms in total. The average molecular weight is 238 g/mol. The molecule has 0 bridgehead atoms. The maximum Gasteiger partial charge on any atom is 0.221 e. The molecule has 0 saturated carbocycles. The first-order valence-corrected chi connectivity index (χ1v) is 6.80. The Balaban J connectivity index is 1.70. The number of hydrogen-bond donors (Lipinski definition) is 2. The zero-order valence-corrected chi connectivity index (χ0v) is 10.2.